The minimum absolute atomic E-state index is 0.0306. The Kier molecular flexibility index (Phi) is 2.00. The third kappa shape index (κ3) is 1.59. The van der Waals surface area contributed by atoms with Crippen LogP contribution < -0.4 is 5.32 Å². The van der Waals surface area contributed by atoms with Crippen molar-refractivity contribution in [2.45, 2.75) is 0 Å². The lowest BCUT2D eigenvalue weighted by Crippen LogP contribution is -2.05. The maximum absolute atomic E-state index is 12.9. The van der Waals surface area contributed by atoms with Crippen LogP contribution in [-0.4, -0.2) is 17.0 Å². The number of anilines is 1. The van der Waals surface area contributed by atoms with E-state index >= 15 is 0 Å². The molecule has 1 amide bonds. The molecule has 2 N–H and O–H groups in total. The van der Waals surface area contributed by atoms with E-state index < -0.39 is 17.7 Å². The standard InChI is InChI=1S/C10H6FNO3/c11-5-1-2-8-6(3-5)7(4-9(13)14)10(15)12-8/h1-4H,(H,12,15)(H,13,14)/b7-4-. The summed E-state index contributed by atoms with van der Waals surface area (Å²) < 4.78 is 12.9. The SMILES string of the molecule is O=C(O)/C=C1\C(=O)Nc2ccc(F)cc21. The number of amides is 1. The van der Waals surface area contributed by atoms with Gasteiger partial charge in [-0.15, -0.1) is 0 Å². The number of rotatable bonds is 1. The van der Waals surface area contributed by atoms with E-state index in [2.05, 4.69) is 5.32 Å². The largest absolute Gasteiger partial charge is 0.478 e. The highest BCUT2D eigenvalue weighted by Gasteiger charge is 2.25. The van der Waals surface area contributed by atoms with Crippen molar-refractivity contribution in [1.29, 1.82) is 0 Å². The van der Waals surface area contributed by atoms with Crippen molar-refractivity contribution in [2.75, 3.05) is 5.32 Å². The number of hydrogen-bond donors (Lipinski definition) is 2. The lowest BCUT2D eigenvalue weighted by molar-refractivity contribution is -0.131. The predicted octanol–water partition coefficient (Wildman–Crippen LogP) is 1.25. The van der Waals surface area contributed by atoms with Crippen LogP contribution in [0.3, 0.4) is 0 Å². The lowest BCUT2D eigenvalue weighted by Gasteiger charge is -1.96. The molecule has 0 spiro atoms. The molecule has 1 aromatic carbocycles. The van der Waals surface area contributed by atoms with E-state index in [1.54, 1.807) is 0 Å². The molecule has 5 heteroatoms. The second kappa shape index (κ2) is 3.20. The van der Waals surface area contributed by atoms with Crippen molar-refractivity contribution >= 4 is 23.1 Å². The van der Waals surface area contributed by atoms with Gasteiger partial charge in [-0.2, -0.15) is 0 Å². The van der Waals surface area contributed by atoms with E-state index in [1.807, 2.05) is 0 Å². The van der Waals surface area contributed by atoms with Crippen LogP contribution in [-0.2, 0) is 9.59 Å². The van der Waals surface area contributed by atoms with Crippen LogP contribution in [0.1, 0.15) is 5.56 Å². The molecule has 1 heterocycles. The third-order valence-corrected chi connectivity index (χ3v) is 2.03. The van der Waals surface area contributed by atoms with Gasteiger partial charge in [0.2, 0.25) is 0 Å². The van der Waals surface area contributed by atoms with Gasteiger partial charge in [0.1, 0.15) is 5.82 Å². The number of hydrogen-bond acceptors (Lipinski definition) is 2. The highest BCUT2D eigenvalue weighted by molar-refractivity contribution is 6.33. The Balaban J connectivity index is 2.58. The van der Waals surface area contributed by atoms with E-state index in [0.29, 0.717) is 5.69 Å². The summed E-state index contributed by atoms with van der Waals surface area (Å²) in [6.45, 7) is 0. The molecule has 0 atom stereocenters. The molecule has 0 unspecified atom stereocenters. The van der Waals surface area contributed by atoms with Crippen molar-refractivity contribution in [2.24, 2.45) is 0 Å². The maximum atomic E-state index is 12.9. The predicted molar refractivity (Wildman–Crippen MR) is 50.6 cm³/mol. The molecule has 15 heavy (non-hydrogen) atoms. The summed E-state index contributed by atoms with van der Waals surface area (Å²) in [5.41, 5.74) is 0.674. The van der Waals surface area contributed by atoms with Gasteiger partial charge in [-0.1, -0.05) is 0 Å². The number of benzene rings is 1. The first kappa shape index (κ1) is 9.39. The Morgan fingerprint density at radius 3 is 2.87 bits per heavy atom. The van der Waals surface area contributed by atoms with Crippen LogP contribution in [0.2, 0.25) is 0 Å². The number of carbonyl (C=O) groups is 2. The van der Waals surface area contributed by atoms with Gasteiger partial charge < -0.3 is 10.4 Å². The summed E-state index contributed by atoms with van der Waals surface area (Å²) in [7, 11) is 0. The average molecular weight is 207 g/mol. The molecule has 0 aliphatic carbocycles. The smallest absolute Gasteiger partial charge is 0.329 e. The number of carbonyl (C=O) groups excluding carboxylic acids is 1. The summed E-state index contributed by atoms with van der Waals surface area (Å²) in [5.74, 6) is -2.28. The average Bonchev–Trinajstić information content (AvgIpc) is 2.43. The molecule has 0 saturated carbocycles. The van der Waals surface area contributed by atoms with Gasteiger partial charge in [0.15, 0.2) is 0 Å². The van der Waals surface area contributed by atoms with Crippen LogP contribution in [0.25, 0.3) is 5.57 Å². The van der Waals surface area contributed by atoms with E-state index in [4.69, 9.17) is 5.11 Å². The van der Waals surface area contributed by atoms with Gasteiger partial charge >= 0.3 is 5.97 Å². The Morgan fingerprint density at radius 1 is 1.47 bits per heavy atom. The van der Waals surface area contributed by atoms with Crippen molar-refractivity contribution < 1.29 is 19.1 Å². The quantitative estimate of drug-likeness (QED) is 0.681. The van der Waals surface area contributed by atoms with Gasteiger partial charge in [-0.05, 0) is 18.2 Å². The van der Waals surface area contributed by atoms with Gasteiger partial charge in [-0.25, -0.2) is 9.18 Å². The molecule has 0 radical (unpaired) electrons. The molecule has 76 valence electrons. The Morgan fingerprint density at radius 2 is 2.20 bits per heavy atom. The molecule has 1 aromatic rings. The second-order valence-electron chi connectivity index (χ2n) is 3.04. The summed E-state index contributed by atoms with van der Waals surface area (Å²) >= 11 is 0. The molecular formula is C10H6FNO3. The molecule has 4 nitrogen and oxygen atoms in total. The Bertz CT molecular complexity index is 493. The van der Waals surface area contributed by atoms with E-state index in [0.717, 1.165) is 12.1 Å². The van der Waals surface area contributed by atoms with E-state index in [-0.39, 0.29) is 11.1 Å². The molecular weight excluding hydrogens is 201 g/mol. The van der Waals surface area contributed by atoms with Crippen molar-refractivity contribution in [3.05, 3.63) is 35.7 Å². The van der Waals surface area contributed by atoms with Crippen LogP contribution in [0.15, 0.2) is 24.3 Å². The summed E-state index contributed by atoms with van der Waals surface area (Å²) in [6.07, 6.45) is 0.764. The van der Waals surface area contributed by atoms with Crippen molar-refractivity contribution in [3.8, 4) is 0 Å². The number of fused-ring (bicyclic) bond motifs is 1. The summed E-state index contributed by atoms with van der Waals surface area (Å²) in [5, 5.41) is 11.0. The first-order chi connectivity index (χ1) is 7.08. The number of aliphatic carboxylic acids is 1. The zero-order valence-electron chi connectivity index (χ0n) is 7.45. The normalized spacial score (nSPS) is 16.3. The molecule has 0 fully saturated rings. The highest BCUT2D eigenvalue weighted by atomic mass is 19.1. The zero-order valence-corrected chi connectivity index (χ0v) is 7.45. The summed E-state index contributed by atoms with van der Waals surface area (Å²) in [4.78, 5) is 21.8. The monoisotopic (exact) mass is 207 g/mol. The van der Waals surface area contributed by atoms with Gasteiger partial charge in [0.25, 0.3) is 5.91 Å². The van der Waals surface area contributed by atoms with Gasteiger partial charge in [-0.3, -0.25) is 4.79 Å². The van der Waals surface area contributed by atoms with Crippen LogP contribution in [0.5, 0.6) is 0 Å². The fraction of sp³-hybridized carbons (Fsp3) is 0. The fourth-order valence-corrected chi connectivity index (χ4v) is 1.43. The lowest BCUT2D eigenvalue weighted by atomic mass is 10.1. The minimum Gasteiger partial charge on any atom is -0.478 e. The minimum atomic E-state index is -1.24. The second-order valence-corrected chi connectivity index (χ2v) is 3.04. The van der Waals surface area contributed by atoms with Crippen LogP contribution >= 0.6 is 0 Å². The van der Waals surface area contributed by atoms with E-state index in [9.17, 15) is 14.0 Å². The van der Waals surface area contributed by atoms with Gasteiger partial charge in [0, 0.05) is 17.3 Å². The third-order valence-electron chi connectivity index (χ3n) is 2.03. The topological polar surface area (TPSA) is 66.4 Å². The van der Waals surface area contributed by atoms with Crippen molar-refractivity contribution in [3.63, 3.8) is 0 Å². The van der Waals surface area contributed by atoms with Gasteiger partial charge in [0.05, 0.1) is 5.57 Å². The Labute approximate surface area is 84.0 Å². The van der Waals surface area contributed by atoms with Crippen LogP contribution in [0, 0.1) is 5.82 Å². The fourth-order valence-electron chi connectivity index (χ4n) is 1.43. The number of carboxylic acid groups (broad SMARTS) is 1. The number of nitrogens with one attached hydrogen (secondary N) is 1. The molecule has 0 bridgehead atoms. The zero-order chi connectivity index (χ0) is 11.0. The molecule has 0 aromatic heterocycles. The summed E-state index contributed by atoms with van der Waals surface area (Å²) in [6, 6.07) is 3.72. The first-order valence-corrected chi connectivity index (χ1v) is 4.14. The highest BCUT2D eigenvalue weighted by Crippen LogP contribution is 2.31. The first-order valence-electron chi connectivity index (χ1n) is 4.14. The molecule has 2 rings (SSSR count). The van der Waals surface area contributed by atoms with Crippen molar-refractivity contribution in [1.82, 2.24) is 0 Å². The molecule has 1 aliphatic rings. The maximum Gasteiger partial charge on any atom is 0.329 e. The Hall–Kier alpha value is -2.17. The molecule has 0 saturated heterocycles. The molecule has 1 aliphatic heterocycles. The number of carboxylic acids is 1. The number of halogens is 1. The van der Waals surface area contributed by atoms with Crippen LogP contribution in [0.4, 0.5) is 10.1 Å². The van der Waals surface area contributed by atoms with E-state index in [1.165, 1.54) is 12.1 Å².